The number of H-pyrrole nitrogens is 1. The van der Waals surface area contributed by atoms with Crippen LogP contribution in [0.3, 0.4) is 0 Å². The molecule has 0 aliphatic heterocycles. The first kappa shape index (κ1) is 14.2. The quantitative estimate of drug-likeness (QED) is 0.774. The zero-order chi connectivity index (χ0) is 14.0. The number of hydrogen-bond acceptors (Lipinski definition) is 5. The van der Waals surface area contributed by atoms with Crippen molar-refractivity contribution < 1.29 is 8.42 Å². The smallest absolute Gasteiger partial charge is 0.258 e. The summed E-state index contributed by atoms with van der Waals surface area (Å²) in [6.45, 7) is 3.91. The van der Waals surface area contributed by atoms with E-state index in [1.165, 1.54) is 6.20 Å². The Kier molecular flexibility index (Phi) is 4.04. The summed E-state index contributed by atoms with van der Waals surface area (Å²) in [6, 6.07) is 3.59. The Labute approximate surface area is 116 Å². The molecule has 2 aromatic heterocycles. The van der Waals surface area contributed by atoms with Gasteiger partial charge in [-0.3, -0.25) is 5.10 Å². The number of thiophene rings is 1. The fourth-order valence-corrected chi connectivity index (χ4v) is 4.03. The van der Waals surface area contributed by atoms with Crippen LogP contribution in [-0.4, -0.2) is 18.6 Å². The second-order valence-electron chi connectivity index (χ2n) is 4.22. The molecule has 19 heavy (non-hydrogen) atoms. The van der Waals surface area contributed by atoms with Crippen molar-refractivity contribution in [2.24, 2.45) is 5.73 Å². The molecule has 2 aromatic rings. The van der Waals surface area contributed by atoms with E-state index in [-0.39, 0.29) is 17.6 Å². The average molecular weight is 300 g/mol. The Balaban J connectivity index is 2.22. The minimum absolute atomic E-state index is 0.0372. The zero-order valence-electron chi connectivity index (χ0n) is 10.7. The minimum atomic E-state index is -3.64. The van der Waals surface area contributed by atoms with E-state index in [4.69, 9.17) is 5.73 Å². The second-order valence-corrected chi connectivity index (χ2v) is 7.19. The third kappa shape index (κ3) is 3.03. The van der Waals surface area contributed by atoms with Crippen molar-refractivity contribution in [1.29, 1.82) is 0 Å². The number of nitrogens with one attached hydrogen (secondary N) is 2. The molecule has 0 bridgehead atoms. The van der Waals surface area contributed by atoms with Crippen molar-refractivity contribution in [3.05, 3.63) is 33.6 Å². The molecule has 1 atom stereocenters. The van der Waals surface area contributed by atoms with Crippen molar-refractivity contribution in [2.75, 3.05) is 0 Å². The number of nitrogens with two attached hydrogens (primary N) is 1. The van der Waals surface area contributed by atoms with Crippen LogP contribution in [0.4, 0.5) is 0 Å². The van der Waals surface area contributed by atoms with Crippen LogP contribution in [0.25, 0.3) is 0 Å². The van der Waals surface area contributed by atoms with Crippen LogP contribution < -0.4 is 10.5 Å². The van der Waals surface area contributed by atoms with Crippen LogP contribution in [0.5, 0.6) is 0 Å². The van der Waals surface area contributed by atoms with Gasteiger partial charge in [0, 0.05) is 21.9 Å². The van der Waals surface area contributed by atoms with Gasteiger partial charge in [-0.2, -0.15) is 5.10 Å². The third-order valence-electron chi connectivity index (χ3n) is 2.69. The molecule has 6 nitrogen and oxygen atoms in total. The van der Waals surface area contributed by atoms with E-state index in [1.807, 2.05) is 19.1 Å². The molecule has 0 spiro atoms. The van der Waals surface area contributed by atoms with Crippen LogP contribution in [0, 0.1) is 6.92 Å². The van der Waals surface area contributed by atoms with Crippen molar-refractivity contribution >= 4 is 21.4 Å². The molecule has 0 radical (unpaired) electrons. The molecule has 0 saturated carbocycles. The molecule has 2 heterocycles. The number of aryl methyl sites for hydroxylation is 1. The van der Waals surface area contributed by atoms with Crippen molar-refractivity contribution in [1.82, 2.24) is 14.9 Å². The lowest BCUT2D eigenvalue weighted by Gasteiger charge is -2.12. The lowest BCUT2D eigenvalue weighted by Crippen LogP contribution is -2.27. The van der Waals surface area contributed by atoms with Gasteiger partial charge in [-0.25, -0.2) is 13.1 Å². The van der Waals surface area contributed by atoms with E-state index >= 15 is 0 Å². The van der Waals surface area contributed by atoms with Crippen molar-refractivity contribution in [2.45, 2.75) is 31.5 Å². The lowest BCUT2D eigenvalue weighted by molar-refractivity contribution is 0.563. The molecule has 0 saturated heterocycles. The van der Waals surface area contributed by atoms with Gasteiger partial charge in [0.25, 0.3) is 10.0 Å². The van der Waals surface area contributed by atoms with Crippen LogP contribution in [0.1, 0.15) is 28.3 Å². The van der Waals surface area contributed by atoms with E-state index in [9.17, 15) is 8.42 Å². The lowest BCUT2D eigenvalue weighted by atomic mass is 10.3. The van der Waals surface area contributed by atoms with Gasteiger partial charge < -0.3 is 5.73 Å². The van der Waals surface area contributed by atoms with Gasteiger partial charge in [-0.15, -0.1) is 11.3 Å². The van der Waals surface area contributed by atoms with Gasteiger partial charge in [0.2, 0.25) is 0 Å². The standard InChI is InChI=1S/C11H16N4O2S2/c1-7-3-4-10(18-7)8(2)15-19(16,17)11-9(5-12)6-13-14-11/h3-4,6,8,15H,5,12H2,1-2H3,(H,13,14). The first-order valence-electron chi connectivity index (χ1n) is 5.75. The maximum absolute atomic E-state index is 12.2. The molecule has 8 heteroatoms. The topological polar surface area (TPSA) is 101 Å². The SMILES string of the molecule is Cc1ccc(C(C)NS(=O)(=O)c2[nH]ncc2CN)s1. The minimum Gasteiger partial charge on any atom is -0.326 e. The Morgan fingerprint density at radius 2 is 2.26 bits per heavy atom. The fraction of sp³-hybridized carbons (Fsp3) is 0.364. The summed E-state index contributed by atoms with van der Waals surface area (Å²) >= 11 is 1.57. The molecular formula is C11H16N4O2S2. The highest BCUT2D eigenvalue weighted by Crippen LogP contribution is 2.24. The number of rotatable bonds is 5. The molecule has 1 unspecified atom stereocenters. The number of sulfonamides is 1. The van der Waals surface area contributed by atoms with E-state index in [0.29, 0.717) is 5.56 Å². The normalized spacial score (nSPS) is 13.6. The summed E-state index contributed by atoms with van der Waals surface area (Å²) in [5.41, 5.74) is 5.96. The molecule has 2 rings (SSSR count). The first-order chi connectivity index (χ1) is 8.94. The summed E-state index contributed by atoms with van der Waals surface area (Å²) in [7, 11) is -3.64. The summed E-state index contributed by atoms with van der Waals surface area (Å²) < 4.78 is 27.1. The van der Waals surface area contributed by atoms with Crippen LogP contribution in [-0.2, 0) is 16.6 Å². The Hall–Kier alpha value is -1.22. The monoisotopic (exact) mass is 300 g/mol. The van der Waals surface area contributed by atoms with Gasteiger partial charge in [0.05, 0.1) is 12.2 Å². The van der Waals surface area contributed by atoms with Crippen molar-refractivity contribution in [3.8, 4) is 0 Å². The van der Waals surface area contributed by atoms with E-state index in [0.717, 1.165) is 9.75 Å². The number of aromatic amines is 1. The van der Waals surface area contributed by atoms with Gasteiger partial charge in [-0.05, 0) is 26.0 Å². The predicted octanol–water partition coefficient (Wildman–Crippen LogP) is 1.28. The first-order valence-corrected chi connectivity index (χ1v) is 8.05. The zero-order valence-corrected chi connectivity index (χ0v) is 12.3. The highest BCUT2D eigenvalue weighted by Gasteiger charge is 2.23. The Bertz CT molecular complexity index is 660. The summed E-state index contributed by atoms with van der Waals surface area (Å²) in [5, 5.41) is 6.24. The molecule has 0 aromatic carbocycles. The van der Waals surface area contributed by atoms with Gasteiger partial charge >= 0.3 is 0 Å². The maximum atomic E-state index is 12.2. The summed E-state index contributed by atoms with van der Waals surface area (Å²) in [4.78, 5) is 2.11. The van der Waals surface area contributed by atoms with Gasteiger partial charge in [0.15, 0.2) is 5.03 Å². The number of hydrogen-bond donors (Lipinski definition) is 3. The summed E-state index contributed by atoms with van der Waals surface area (Å²) in [6.07, 6.45) is 1.43. The van der Waals surface area contributed by atoms with Crippen molar-refractivity contribution in [3.63, 3.8) is 0 Å². The molecular weight excluding hydrogens is 284 g/mol. The Morgan fingerprint density at radius 1 is 1.53 bits per heavy atom. The summed E-state index contributed by atoms with van der Waals surface area (Å²) in [5.74, 6) is 0. The number of nitrogens with zero attached hydrogens (tertiary/aromatic N) is 1. The molecule has 104 valence electrons. The number of aromatic nitrogens is 2. The molecule has 0 fully saturated rings. The molecule has 0 amide bonds. The third-order valence-corrected chi connectivity index (χ3v) is 5.42. The van der Waals surface area contributed by atoms with Gasteiger partial charge in [0.1, 0.15) is 0 Å². The van der Waals surface area contributed by atoms with E-state index in [2.05, 4.69) is 14.9 Å². The predicted molar refractivity (Wildman–Crippen MR) is 74.3 cm³/mol. The van der Waals surface area contributed by atoms with E-state index < -0.39 is 10.0 Å². The van der Waals surface area contributed by atoms with E-state index in [1.54, 1.807) is 18.3 Å². The largest absolute Gasteiger partial charge is 0.326 e. The molecule has 4 N–H and O–H groups in total. The highest BCUT2D eigenvalue weighted by molar-refractivity contribution is 7.89. The fourth-order valence-electron chi connectivity index (χ4n) is 1.71. The average Bonchev–Trinajstić information content (AvgIpc) is 2.96. The molecule has 0 aliphatic carbocycles. The maximum Gasteiger partial charge on any atom is 0.258 e. The molecule has 0 aliphatic rings. The van der Waals surface area contributed by atoms with Crippen LogP contribution in [0.15, 0.2) is 23.4 Å². The van der Waals surface area contributed by atoms with Crippen LogP contribution >= 0.6 is 11.3 Å². The Morgan fingerprint density at radius 3 is 2.84 bits per heavy atom. The highest BCUT2D eigenvalue weighted by atomic mass is 32.2. The van der Waals surface area contributed by atoms with Gasteiger partial charge in [-0.1, -0.05) is 0 Å². The second kappa shape index (κ2) is 5.41. The van der Waals surface area contributed by atoms with Crippen LogP contribution in [0.2, 0.25) is 0 Å².